The molecule has 0 aromatic heterocycles. The first kappa shape index (κ1) is 15.1. The first-order valence-electron chi connectivity index (χ1n) is 6.95. The van der Waals surface area contributed by atoms with Gasteiger partial charge in [-0.3, -0.25) is 4.90 Å². The van der Waals surface area contributed by atoms with Crippen molar-refractivity contribution in [3.05, 3.63) is 48.6 Å². The summed E-state index contributed by atoms with van der Waals surface area (Å²) in [6.45, 7) is 3.92. The fraction of sp³-hybridized carbons (Fsp3) is 0.375. The first-order valence-corrected chi connectivity index (χ1v) is 6.95. The largest absolute Gasteiger partial charge is 0.480 e. The molecule has 1 heterocycles. The number of hydrogen-bond donors (Lipinski definition) is 1. The van der Waals surface area contributed by atoms with Crippen molar-refractivity contribution in [3.63, 3.8) is 0 Å². The average molecular weight is 289 g/mol. The molecular formula is C16H19NO4. The smallest absolute Gasteiger partial charge is 0.410 e. The zero-order valence-corrected chi connectivity index (χ0v) is 11.8. The van der Waals surface area contributed by atoms with Crippen LogP contribution in [0.3, 0.4) is 0 Å². The van der Waals surface area contributed by atoms with Gasteiger partial charge in [-0.15, -0.1) is 0 Å². The van der Waals surface area contributed by atoms with E-state index in [9.17, 15) is 14.7 Å². The van der Waals surface area contributed by atoms with E-state index in [2.05, 4.69) is 6.58 Å². The molecule has 1 aromatic rings. The van der Waals surface area contributed by atoms with Gasteiger partial charge in [0.2, 0.25) is 0 Å². The minimum Gasteiger partial charge on any atom is -0.480 e. The third kappa shape index (κ3) is 3.62. The van der Waals surface area contributed by atoms with Crippen molar-refractivity contribution in [2.24, 2.45) is 0 Å². The van der Waals surface area contributed by atoms with E-state index in [-0.39, 0.29) is 12.5 Å². The number of carboxylic acids is 1. The van der Waals surface area contributed by atoms with Crippen molar-refractivity contribution in [1.29, 1.82) is 0 Å². The van der Waals surface area contributed by atoms with Gasteiger partial charge in [-0.1, -0.05) is 43.0 Å². The zero-order chi connectivity index (χ0) is 15.2. The van der Waals surface area contributed by atoms with Crippen molar-refractivity contribution in [3.8, 4) is 0 Å². The van der Waals surface area contributed by atoms with Crippen LogP contribution in [0.4, 0.5) is 4.79 Å². The van der Waals surface area contributed by atoms with Crippen LogP contribution in [0.25, 0.3) is 0 Å². The highest BCUT2D eigenvalue weighted by molar-refractivity contribution is 5.80. The van der Waals surface area contributed by atoms with Crippen LogP contribution in [-0.4, -0.2) is 41.3 Å². The van der Waals surface area contributed by atoms with Crippen LogP contribution < -0.4 is 0 Å². The molecular weight excluding hydrogens is 270 g/mol. The number of nitrogens with zero attached hydrogens (tertiary/aromatic N) is 1. The zero-order valence-electron chi connectivity index (χ0n) is 11.8. The van der Waals surface area contributed by atoms with E-state index >= 15 is 0 Å². The van der Waals surface area contributed by atoms with E-state index in [1.54, 1.807) is 0 Å². The summed E-state index contributed by atoms with van der Waals surface area (Å²) in [6.07, 6.45) is 2.04. The van der Waals surface area contributed by atoms with Gasteiger partial charge in [0.15, 0.2) is 0 Å². The van der Waals surface area contributed by atoms with Crippen LogP contribution in [0, 0.1) is 0 Å². The lowest BCUT2D eigenvalue weighted by Gasteiger charge is -2.36. The van der Waals surface area contributed by atoms with Crippen LogP contribution in [0.15, 0.2) is 43.0 Å². The Morgan fingerprint density at radius 2 is 2.05 bits per heavy atom. The number of piperidine rings is 1. The maximum atomic E-state index is 12.0. The summed E-state index contributed by atoms with van der Waals surface area (Å²) in [6, 6.07) is 9.00. The van der Waals surface area contributed by atoms with Gasteiger partial charge < -0.3 is 9.84 Å². The van der Waals surface area contributed by atoms with E-state index in [0.717, 1.165) is 12.0 Å². The van der Waals surface area contributed by atoms with Gasteiger partial charge in [-0.05, 0) is 18.4 Å². The highest BCUT2D eigenvalue weighted by atomic mass is 16.6. The molecule has 1 N–H and O–H groups in total. The highest BCUT2D eigenvalue weighted by Gasteiger charge is 2.37. The summed E-state index contributed by atoms with van der Waals surface area (Å²) in [4.78, 5) is 24.7. The summed E-state index contributed by atoms with van der Waals surface area (Å²) >= 11 is 0. The van der Waals surface area contributed by atoms with Crippen molar-refractivity contribution < 1.29 is 19.4 Å². The van der Waals surface area contributed by atoms with Gasteiger partial charge in [0.25, 0.3) is 0 Å². The summed E-state index contributed by atoms with van der Waals surface area (Å²) in [7, 11) is 0. The summed E-state index contributed by atoms with van der Waals surface area (Å²) in [5, 5.41) is 9.27. The normalized spacial score (nSPS) is 21.6. The number of carbonyl (C=O) groups excluding carboxylic acids is 1. The average Bonchev–Trinajstić information content (AvgIpc) is 2.52. The van der Waals surface area contributed by atoms with Gasteiger partial charge in [0.05, 0.1) is 0 Å². The number of likely N-dealkylation sites (tertiary alicyclic amines) is 1. The molecule has 5 nitrogen and oxygen atoms in total. The maximum absolute atomic E-state index is 12.0. The van der Waals surface area contributed by atoms with Gasteiger partial charge in [0.1, 0.15) is 12.6 Å². The van der Waals surface area contributed by atoms with E-state index in [0.29, 0.717) is 13.0 Å². The molecule has 1 fully saturated rings. The van der Waals surface area contributed by atoms with Crippen molar-refractivity contribution in [1.82, 2.24) is 4.90 Å². The Labute approximate surface area is 123 Å². The molecule has 0 saturated carbocycles. The number of aliphatic carboxylic acids is 1. The quantitative estimate of drug-likeness (QED) is 0.865. The van der Waals surface area contributed by atoms with Gasteiger partial charge in [0, 0.05) is 12.5 Å². The Morgan fingerprint density at radius 3 is 2.67 bits per heavy atom. The van der Waals surface area contributed by atoms with Crippen LogP contribution >= 0.6 is 0 Å². The van der Waals surface area contributed by atoms with Gasteiger partial charge in [-0.25, -0.2) is 9.59 Å². The number of amides is 1. The SMILES string of the molecule is C=CCOC(=O)N1CC(c2ccccc2)CCC1C(=O)O. The molecule has 0 aliphatic carbocycles. The van der Waals surface area contributed by atoms with Crippen LogP contribution in [0.5, 0.6) is 0 Å². The summed E-state index contributed by atoms with van der Waals surface area (Å²) in [5.41, 5.74) is 1.11. The predicted octanol–water partition coefficient (Wildman–Crippen LogP) is 2.64. The van der Waals surface area contributed by atoms with E-state index in [1.807, 2.05) is 30.3 Å². The molecule has 0 radical (unpaired) electrons. The molecule has 1 aliphatic heterocycles. The first-order chi connectivity index (χ1) is 10.1. The number of rotatable bonds is 4. The fourth-order valence-corrected chi connectivity index (χ4v) is 2.64. The molecule has 1 aromatic carbocycles. The highest BCUT2D eigenvalue weighted by Crippen LogP contribution is 2.30. The van der Waals surface area contributed by atoms with Crippen molar-refractivity contribution in [2.75, 3.05) is 13.2 Å². The number of carboxylic acid groups (broad SMARTS) is 1. The topological polar surface area (TPSA) is 66.8 Å². The van der Waals surface area contributed by atoms with E-state index < -0.39 is 18.1 Å². The molecule has 0 bridgehead atoms. The van der Waals surface area contributed by atoms with Gasteiger partial charge in [-0.2, -0.15) is 0 Å². The Bertz CT molecular complexity index is 514. The molecule has 2 rings (SSSR count). The van der Waals surface area contributed by atoms with Crippen LogP contribution in [-0.2, 0) is 9.53 Å². The second-order valence-electron chi connectivity index (χ2n) is 5.06. The molecule has 1 amide bonds. The summed E-state index contributed by atoms with van der Waals surface area (Å²) < 4.78 is 5.00. The minimum absolute atomic E-state index is 0.0810. The summed E-state index contributed by atoms with van der Waals surface area (Å²) in [5.74, 6) is -0.852. The Balaban J connectivity index is 2.13. The minimum atomic E-state index is -0.989. The number of ether oxygens (including phenoxy) is 1. The maximum Gasteiger partial charge on any atom is 0.410 e. The van der Waals surface area contributed by atoms with Crippen molar-refractivity contribution >= 4 is 12.1 Å². The van der Waals surface area contributed by atoms with Gasteiger partial charge >= 0.3 is 12.1 Å². The van der Waals surface area contributed by atoms with Crippen molar-refractivity contribution in [2.45, 2.75) is 24.8 Å². The lowest BCUT2D eigenvalue weighted by Crippen LogP contribution is -2.50. The number of benzene rings is 1. The number of hydrogen-bond acceptors (Lipinski definition) is 3. The lowest BCUT2D eigenvalue weighted by atomic mass is 9.87. The molecule has 1 aliphatic rings. The standard InChI is InChI=1S/C16H19NO4/c1-2-10-21-16(20)17-11-13(8-9-14(17)15(18)19)12-6-4-3-5-7-12/h2-7,13-14H,1,8-11H2,(H,18,19). The van der Waals surface area contributed by atoms with E-state index in [1.165, 1.54) is 11.0 Å². The third-order valence-electron chi connectivity index (χ3n) is 3.70. The fourth-order valence-electron chi connectivity index (χ4n) is 2.64. The molecule has 0 spiro atoms. The Hall–Kier alpha value is -2.30. The number of carbonyl (C=O) groups is 2. The monoisotopic (exact) mass is 289 g/mol. The molecule has 21 heavy (non-hydrogen) atoms. The van der Waals surface area contributed by atoms with Crippen LogP contribution in [0.2, 0.25) is 0 Å². The molecule has 2 unspecified atom stereocenters. The predicted molar refractivity (Wildman–Crippen MR) is 78.1 cm³/mol. The Kier molecular flexibility index (Phi) is 4.98. The molecule has 5 heteroatoms. The molecule has 2 atom stereocenters. The third-order valence-corrected chi connectivity index (χ3v) is 3.70. The molecule has 112 valence electrons. The second-order valence-corrected chi connectivity index (χ2v) is 5.06. The second kappa shape index (κ2) is 6.92. The molecule has 1 saturated heterocycles. The van der Waals surface area contributed by atoms with E-state index in [4.69, 9.17) is 4.74 Å². The van der Waals surface area contributed by atoms with Crippen LogP contribution in [0.1, 0.15) is 24.3 Å². The Morgan fingerprint density at radius 1 is 1.33 bits per heavy atom. The lowest BCUT2D eigenvalue weighted by molar-refractivity contribution is -0.144.